The molecule has 4 aromatic carbocycles. The van der Waals surface area contributed by atoms with E-state index >= 15 is 0 Å². The highest BCUT2D eigenvalue weighted by Crippen LogP contribution is 2.31. The number of fused-ring (bicyclic) bond motifs is 1. The highest BCUT2D eigenvalue weighted by molar-refractivity contribution is 5.85. The van der Waals surface area contributed by atoms with E-state index in [4.69, 9.17) is 4.74 Å². The fourth-order valence-corrected chi connectivity index (χ4v) is 4.50. The Bertz CT molecular complexity index is 1130. The Kier molecular flexibility index (Phi) is 7.03. The average Bonchev–Trinajstić information content (AvgIpc) is 2.83. The summed E-state index contributed by atoms with van der Waals surface area (Å²) in [7, 11) is 0. The number of benzene rings is 4. The lowest BCUT2D eigenvalue weighted by molar-refractivity contribution is 0.0107. The number of piperidine rings is 1. The summed E-state index contributed by atoms with van der Waals surface area (Å²) in [5.74, 6) is 0.412. The zero-order valence-electron chi connectivity index (χ0n) is 17.5. The molecule has 1 N–H and O–H groups in total. The van der Waals surface area contributed by atoms with Crippen molar-refractivity contribution in [1.82, 2.24) is 5.32 Å². The zero-order chi connectivity index (χ0) is 20.2. The van der Waals surface area contributed by atoms with Gasteiger partial charge in [-0.1, -0.05) is 91.0 Å². The summed E-state index contributed by atoms with van der Waals surface area (Å²) in [6.45, 7) is 2.58. The van der Waals surface area contributed by atoms with Crippen molar-refractivity contribution in [3.8, 4) is 11.1 Å². The summed E-state index contributed by atoms with van der Waals surface area (Å²) < 4.78 is 6.47. The average molecular weight is 430 g/mol. The predicted molar refractivity (Wildman–Crippen MR) is 132 cm³/mol. The molecule has 0 bridgehead atoms. The lowest BCUT2D eigenvalue weighted by Crippen LogP contribution is -2.41. The third kappa shape index (κ3) is 4.99. The van der Waals surface area contributed by atoms with Crippen LogP contribution in [0.5, 0.6) is 0 Å². The lowest BCUT2D eigenvalue weighted by Gasteiger charge is -2.33. The quantitative estimate of drug-likeness (QED) is 0.386. The van der Waals surface area contributed by atoms with Gasteiger partial charge in [0, 0.05) is 12.5 Å². The van der Waals surface area contributed by atoms with Gasteiger partial charge in [0.1, 0.15) is 0 Å². The number of halogens is 1. The Morgan fingerprint density at radius 3 is 2.39 bits per heavy atom. The Balaban J connectivity index is 0.00000231. The van der Waals surface area contributed by atoms with E-state index in [-0.39, 0.29) is 18.5 Å². The molecule has 1 heterocycles. The molecule has 1 aliphatic heterocycles. The molecule has 0 aliphatic carbocycles. The molecule has 3 heteroatoms. The largest absolute Gasteiger partial charge is 0.372 e. The summed E-state index contributed by atoms with van der Waals surface area (Å²) in [6, 6.07) is 34.7. The van der Waals surface area contributed by atoms with E-state index in [0.717, 1.165) is 19.5 Å². The number of hydrogen-bond acceptors (Lipinski definition) is 2. The van der Waals surface area contributed by atoms with Crippen LogP contribution >= 0.6 is 12.4 Å². The number of rotatable bonds is 5. The standard InChI is InChI=1S/C28H27NO.ClH/c1-2-7-22(8-3-1)25-11-6-12-26(18-25)27-15-16-29-19-28(27)30-20-21-13-14-23-9-4-5-10-24(23)17-21;/h1-14,17-18,27-29H,15-16,19-20H2;1H. The van der Waals surface area contributed by atoms with E-state index in [1.54, 1.807) is 0 Å². The van der Waals surface area contributed by atoms with Crippen LogP contribution in [0.3, 0.4) is 0 Å². The normalized spacial score (nSPS) is 18.5. The van der Waals surface area contributed by atoms with E-state index < -0.39 is 0 Å². The van der Waals surface area contributed by atoms with E-state index in [9.17, 15) is 0 Å². The second-order valence-electron chi connectivity index (χ2n) is 8.12. The SMILES string of the molecule is Cl.c1ccc(-c2cccc(C3CCNCC3OCc3ccc4ccccc4c3)c2)cc1. The van der Waals surface area contributed by atoms with Crippen LogP contribution in [-0.4, -0.2) is 19.2 Å². The van der Waals surface area contributed by atoms with Gasteiger partial charge in [0.05, 0.1) is 12.7 Å². The summed E-state index contributed by atoms with van der Waals surface area (Å²) in [5, 5.41) is 6.07. The smallest absolute Gasteiger partial charge is 0.0772 e. The summed E-state index contributed by atoms with van der Waals surface area (Å²) in [4.78, 5) is 0. The monoisotopic (exact) mass is 429 g/mol. The fraction of sp³-hybridized carbons (Fsp3) is 0.214. The van der Waals surface area contributed by atoms with Gasteiger partial charge in [0.25, 0.3) is 0 Å². The van der Waals surface area contributed by atoms with Crippen molar-refractivity contribution in [3.05, 3.63) is 108 Å². The zero-order valence-corrected chi connectivity index (χ0v) is 18.4. The molecule has 0 aromatic heterocycles. The second-order valence-corrected chi connectivity index (χ2v) is 8.12. The van der Waals surface area contributed by atoms with Crippen molar-refractivity contribution in [3.63, 3.8) is 0 Å². The summed E-state index contributed by atoms with van der Waals surface area (Å²) in [5.41, 5.74) is 5.15. The first-order valence-corrected chi connectivity index (χ1v) is 10.8. The predicted octanol–water partition coefficient (Wildman–Crippen LogP) is 6.59. The fourth-order valence-electron chi connectivity index (χ4n) is 4.50. The van der Waals surface area contributed by atoms with Gasteiger partial charge in [0.15, 0.2) is 0 Å². The van der Waals surface area contributed by atoms with Gasteiger partial charge < -0.3 is 10.1 Å². The van der Waals surface area contributed by atoms with E-state index in [1.165, 1.54) is 33.0 Å². The van der Waals surface area contributed by atoms with Crippen LogP contribution in [0.15, 0.2) is 97.1 Å². The lowest BCUT2D eigenvalue weighted by atomic mass is 9.86. The van der Waals surface area contributed by atoms with Gasteiger partial charge in [-0.2, -0.15) is 0 Å². The first-order chi connectivity index (χ1) is 14.9. The van der Waals surface area contributed by atoms with Crippen LogP contribution in [0.25, 0.3) is 21.9 Å². The van der Waals surface area contributed by atoms with Crippen molar-refractivity contribution in [2.75, 3.05) is 13.1 Å². The Hall–Kier alpha value is -2.65. The molecular weight excluding hydrogens is 402 g/mol. The molecule has 0 spiro atoms. The molecule has 4 aromatic rings. The van der Waals surface area contributed by atoms with Crippen molar-refractivity contribution in [1.29, 1.82) is 0 Å². The van der Waals surface area contributed by atoms with Crippen LogP contribution in [0.2, 0.25) is 0 Å². The maximum atomic E-state index is 6.47. The van der Waals surface area contributed by atoms with E-state index in [1.807, 2.05) is 0 Å². The first kappa shape index (κ1) is 21.6. The molecule has 5 rings (SSSR count). The van der Waals surface area contributed by atoms with E-state index in [0.29, 0.717) is 12.5 Å². The van der Waals surface area contributed by atoms with Gasteiger partial charge >= 0.3 is 0 Å². The minimum Gasteiger partial charge on any atom is -0.372 e. The molecule has 1 aliphatic rings. The summed E-state index contributed by atoms with van der Waals surface area (Å²) in [6.07, 6.45) is 1.27. The number of hydrogen-bond donors (Lipinski definition) is 1. The maximum absolute atomic E-state index is 6.47. The van der Waals surface area contributed by atoms with Crippen molar-refractivity contribution in [2.24, 2.45) is 0 Å². The molecule has 158 valence electrons. The first-order valence-electron chi connectivity index (χ1n) is 10.8. The van der Waals surface area contributed by atoms with Gasteiger partial charge in [-0.3, -0.25) is 0 Å². The molecule has 0 amide bonds. The number of nitrogens with one attached hydrogen (secondary N) is 1. The topological polar surface area (TPSA) is 21.3 Å². The highest BCUT2D eigenvalue weighted by atomic mass is 35.5. The summed E-state index contributed by atoms with van der Waals surface area (Å²) >= 11 is 0. The van der Waals surface area contributed by atoms with Gasteiger partial charge in [0.2, 0.25) is 0 Å². The van der Waals surface area contributed by atoms with Gasteiger partial charge in [-0.15, -0.1) is 12.4 Å². The highest BCUT2D eigenvalue weighted by Gasteiger charge is 2.27. The third-order valence-corrected chi connectivity index (χ3v) is 6.13. The molecule has 1 fully saturated rings. The van der Waals surface area contributed by atoms with Crippen LogP contribution in [0, 0.1) is 0 Å². The van der Waals surface area contributed by atoms with Gasteiger partial charge in [-0.25, -0.2) is 0 Å². The minimum absolute atomic E-state index is 0. The van der Waals surface area contributed by atoms with Crippen LogP contribution in [-0.2, 0) is 11.3 Å². The Morgan fingerprint density at radius 1 is 0.742 bits per heavy atom. The number of ether oxygens (including phenoxy) is 1. The molecular formula is C28H28ClNO. The van der Waals surface area contributed by atoms with Crippen molar-refractivity contribution in [2.45, 2.75) is 25.0 Å². The third-order valence-electron chi connectivity index (χ3n) is 6.13. The van der Waals surface area contributed by atoms with Crippen molar-refractivity contribution < 1.29 is 4.74 Å². The van der Waals surface area contributed by atoms with Crippen LogP contribution in [0.4, 0.5) is 0 Å². The van der Waals surface area contributed by atoms with E-state index in [2.05, 4.69) is 102 Å². The molecule has 2 nitrogen and oxygen atoms in total. The van der Waals surface area contributed by atoms with Crippen molar-refractivity contribution >= 4 is 23.2 Å². The van der Waals surface area contributed by atoms with Gasteiger partial charge in [-0.05, 0) is 52.1 Å². The Labute approximate surface area is 190 Å². The molecule has 31 heavy (non-hydrogen) atoms. The molecule has 0 radical (unpaired) electrons. The Morgan fingerprint density at radius 2 is 1.52 bits per heavy atom. The molecule has 1 saturated heterocycles. The molecule has 2 atom stereocenters. The second kappa shape index (κ2) is 10.1. The maximum Gasteiger partial charge on any atom is 0.0772 e. The molecule has 0 saturated carbocycles. The molecule has 2 unspecified atom stereocenters. The minimum atomic E-state index is 0. The van der Waals surface area contributed by atoms with Crippen LogP contribution < -0.4 is 5.32 Å². The van der Waals surface area contributed by atoms with Crippen LogP contribution in [0.1, 0.15) is 23.5 Å².